The summed E-state index contributed by atoms with van der Waals surface area (Å²) in [4.78, 5) is 10.7. The van der Waals surface area contributed by atoms with Crippen LogP contribution in [0, 0.1) is 0 Å². The number of carbonyl (C=O) groups excluding carboxylic acids is 1. The Morgan fingerprint density at radius 3 is 2.22 bits per heavy atom. The van der Waals surface area contributed by atoms with Crippen molar-refractivity contribution in [1.82, 2.24) is 0 Å². The Morgan fingerprint density at radius 1 is 1.28 bits per heavy atom. The van der Waals surface area contributed by atoms with E-state index in [4.69, 9.17) is 0 Å². The fraction of sp³-hybridized carbons (Fsp3) is 0.300. The first-order valence-corrected chi connectivity index (χ1v) is 6.46. The van der Waals surface area contributed by atoms with Crippen LogP contribution in [0.25, 0.3) is 0 Å². The van der Waals surface area contributed by atoms with Crippen LogP contribution >= 0.6 is 0 Å². The zero-order valence-electron chi connectivity index (χ0n) is 9.41. The average molecular weight is 282 g/mol. The molecule has 1 rings (SSSR count). The molecule has 4 nitrogen and oxygen atoms in total. The van der Waals surface area contributed by atoms with Crippen molar-refractivity contribution in [3.05, 3.63) is 29.3 Å². The normalized spacial score (nSPS) is 12.3. The molecule has 0 radical (unpaired) electrons. The Balaban J connectivity index is 3.54. The minimum Gasteiger partial charge on any atom is -0.465 e. The number of alkyl halides is 3. The Kier molecular flexibility index (Phi) is 3.70. The summed E-state index contributed by atoms with van der Waals surface area (Å²) in [5, 5.41) is 0. The molecule has 8 heteroatoms. The summed E-state index contributed by atoms with van der Waals surface area (Å²) in [5.74, 6) is -1.18. The number of sulfone groups is 1. The Labute approximate surface area is 101 Å². The van der Waals surface area contributed by atoms with Crippen LogP contribution in [0.4, 0.5) is 13.2 Å². The van der Waals surface area contributed by atoms with E-state index in [9.17, 15) is 26.4 Å². The molecule has 0 amide bonds. The molecule has 18 heavy (non-hydrogen) atoms. The van der Waals surface area contributed by atoms with Gasteiger partial charge >= 0.3 is 12.1 Å². The van der Waals surface area contributed by atoms with Gasteiger partial charge in [-0.1, -0.05) is 0 Å². The molecular weight excluding hydrogens is 273 g/mol. The number of methoxy groups -OCH3 is 1. The van der Waals surface area contributed by atoms with Crippen molar-refractivity contribution in [3.8, 4) is 0 Å². The molecule has 0 N–H and O–H groups in total. The Bertz CT molecular complexity index is 575. The predicted molar refractivity (Wildman–Crippen MR) is 55.9 cm³/mol. The number of hydrogen-bond acceptors (Lipinski definition) is 4. The molecule has 0 fully saturated rings. The molecule has 0 bridgehead atoms. The molecule has 0 saturated heterocycles. The number of esters is 1. The summed E-state index contributed by atoms with van der Waals surface area (Å²) in [6.07, 6.45) is -4.06. The van der Waals surface area contributed by atoms with Gasteiger partial charge in [0.25, 0.3) is 0 Å². The summed E-state index contributed by atoms with van der Waals surface area (Å²) < 4.78 is 64.7. The van der Waals surface area contributed by atoms with Crippen molar-refractivity contribution in [2.45, 2.75) is 11.1 Å². The lowest BCUT2D eigenvalue weighted by Crippen LogP contribution is -2.15. The van der Waals surface area contributed by atoms with Gasteiger partial charge in [-0.2, -0.15) is 13.2 Å². The number of ether oxygens (including phenoxy) is 1. The molecule has 1 aromatic rings. The average Bonchev–Trinajstić information content (AvgIpc) is 2.24. The highest BCUT2D eigenvalue weighted by molar-refractivity contribution is 7.90. The van der Waals surface area contributed by atoms with Crippen LogP contribution < -0.4 is 0 Å². The Morgan fingerprint density at radius 2 is 1.83 bits per heavy atom. The van der Waals surface area contributed by atoms with Crippen LogP contribution in [0.3, 0.4) is 0 Å². The maximum Gasteiger partial charge on any atom is 0.417 e. The molecule has 1 aromatic carbocycles. The fourth-order valence-electron chi connectivity index (χ4n) is 1.28. The van der Waals surface area contributed by atoms with Crippen molar-refractivity contribution in [1.29, 1.82) is 0 Å². The molecule has 0 heterocycles. The van der Waals surface area contributed by atoms with E-state index in [1.54, 1.807) is 0 Å². The van der Waals surface area contributed by atoms with Crippen LogP contribution in [-0.4, -0.2) is 27.8 Å². The molecule has 0 spiro atoms. The molecule has 0 aliphatic heterocycles. The first-order chi connectivity index (χ1) is 8.07. The molecule has 0 aliphatic carbocycles. The number of rotatable bonds is 2. The first kappa shape index (κ1) is 14.5. The summed E-state index contributed by atoms with van der Waals surface area (Å²) >= 11 is 0. The first-order valence-electron chi connectivity index (χ1n) is 4.57. The second-order valence-corrected chi connectivity index (χ2v) is 5.48. The molecule has 100 valence electrons. The maximum atomic E-state index is 12.7. The van der Waals surface area contributed by atoms with Gasteiger partial charge in [-0.05, 0) is 18.2 Å². The van der Waals surface area contributed by atoms with Gasteiger partial charge in [-0.3, -0.25) is 0 Å². The Hall–Kier alpha value is -1.57. The number of hydrogen-bond donors (Lipinski definition) is 0. The van der Waals surface area contributed by atoms with E-state index in [0.29, 0.717) is 6.07 Å². The van der Waals surface area contributed by atoms with Crippen LogP contribution in [0.5, 0.6) is 0 Å². The van der Waals surface area contributed by atoms with Gasteiger partial charge in [0.2, 0.25) is 0 Å². The molecule has 0 aliphatic rings. The van der Waals surface area contributed by atoms with Gasteiger partial charge < -0.3 is 4.74 Å². The van der Waals surface area contributed by atoms with Crippen LogP contribution in [0.15, 0.2) is 23.1 Å². The van der Waals surface area contributed by atoms with Gasteiger partial charge in [-0.25, -0.2) is 13.2 Å². The lowest BCUT2D eigenvalue weighted by Gasteiger charge is -2.12. The summed E-state index contributed by atoms with van der Waals surface area (Å²) in [5.41, 5.74) is -2.06. The van der Waals surface area contributed by atoms with Crippen molar-refractivity contribution < 1.29 is 31.1 Å². The van der Waals surface area contributed by atoms with Gasteiger partial charge in [0.1, 0.15) is 0 Å². The van der Waals surface area contributed by atoms with Gasteiger partial charge in [0.15, 0.2) is 9.84 Å². The third-order valence-electron chi connectivity index (χ3n) is 2.13. The molecule has 0 atom stereocenters. The minimum atomic E-state index is -4.84. The quantitative estimate of drug-likeness (QED) is 0.777. The second kappa shape index (κ2) is 4.60. The third-order valence-corrected chi connectivity index (χ3v) is 3.24. The number of carbonyl (C=O) groups is 1. The highest BCUT2D eigenvalue weighted by atomic mass is 32.2. The SMILES string of the molecule is COC(=O)c1ccc(S(C)(=O)=O)cc1C(F)(F)F. The van der Waals surface area contributed by atoms with Crippen LogP contribution in [-0.2, 0) is 20.8 Å². The van der Waals surface area contributed by atoms with E-state index in [1.807, 2.05) is 0 Å². The molecular formula is C10H9F3O4S. The van der Waals surface area contributed by atoms with E-state index in [0.717, 1.165) is 25.5 Å². The zero-order chi connectivity index (χ0) is 14.1. The zero-order valence-corrected chi connectivity index (χ0v) is 10.2. The largest absolute Gasteiger partial charge is 0.465 e. The van der Waals surface area contributed by atoms with Gasteiger partial charge in [0, 0.05) is 6.26 Å². The standard InChI is InChI=1S/C10H9F3O4S/c1-17-9(14)7-4-3-6(18(2,15)16)5-8(7)10(11,12)13/h3-5H,1-2H3. The van der Waals surface area contributed by atoms with Crippen molar-refractivity contribution in [2.24, 2.45) is 0 Å². The number of benzene rings is 1. The topological polar surface area (TPSA) is 60.4 Å². The monoisotopic (exact) mass is 282 g/mol. The predicted octanol–water partition coefficient (Wildman–Crippen LogP) is 1.90. The summed E-state index contributed by atoms with van der Waals surface area (Å²) in [7, 11) is -2.85. The van der Waals surface area contributed by atoms with Gasteiger partial charge in [0.05, 0.1) is 23.1 Å². The van der Waals surface area contributed by atoms with Crippen molar-refractivity contribution >= 4 is 15.8 Å². The highest BCUT2D eigenvalue weighted by Crippen LogP contribution is 2.33. The third kappa shape index (κ3) is 3.00. The molecule has 0 saturated carbocycles. The summed E-state index contributed by atoms with van der Waals surface area (Å²) in [6.45, 7) is 0. The molecule has 0 aromatic heterocycles. The lowest BCUT2D eigenvalue weighted by molar-refractivity contribution is -0.138. The van der Waals surface area contributed by atoms with E-state index < -0.39 is 38.0 Å². The second-order valence-electron chi connectivity index (χ2n) is 3.47. The van der Waals surface area contributed by atoms with E-state index >= 15 is 0 Å². The fourth-order valence-corrected chi connectivity index (χ4v) is 1.92. The van der Waals surface area contributed by atoms with Crippen LogP contribution in [0.2, 0.25) is 0 Å². The maximum absolute atomic E-state index is 12.7. The van der Waals surface area contributed by atoms with E-state index in [1.165, 1.54) is 0 Å². The van der Waals surface area contributed by atoms with Gasteiger partial charge in [-0.15, -0.1) is 0 Å². The van der Waals surface area contributed by atoms with Crippen LogP contribution in [0.1, 0.15) is 15.9 Å². The number of halogens is 3. The van der Waals surface area contributed by atoms with E-state index in [-0.39, 0.29) is 0 Å². The molecule has 0 unspecified atom stereocenters. The van der Waals surface area contributed by atoms with Crippen molar-refractivity contribution in [2.75, 3.05) is 13.4 Å². The van der Waals surface area contributed by atoms with Crippen molar-refractivity contribution in [3.63, 3.8) is 0 Å². The smallest absolute Gasteiger partial charge is 0.417 e. The lowest BCUT2D eigenvalue weighted by atomic mass is 10.1. The van der Waals surface area contributed by atoms with E-state index in [2.05, 4.69) is 4.74 Å². The summed E-state index contributed by atoms with van der Waals surface area (Å²) in [6, 6.07) is 2.13. The highest BCUT2D eigenvalue weighted by Gasteiger charge is 2.36. The minimum absolute atomic E-state index is 0.418.